The number of nitrogens with one attached hydrogen (secondary N) is 1. The number of carbonyl (C=O) groups excluding carboxylic acids is 1. The van der Waals surface area contributed by atoms with E-state index in [-0.39, 0.29) is 0 Å². The van der Waals surface area contributed by atoms with Gasteiger partial charge in [0, 0.05) is 12.7 Å². The van der Waals surface area contributed by atoms with Crippen LogP contribution < -0.4 is 11.1 Å². The lowest BCUT2D eigenvalue weighted by Crippen LogP contribution is -2.14. The molecule has 64 valence electrons. The van der Waals surface area contributed by atoms with E-state index in [0.717, 1.165) is 5.69 Å². The highest BCUT2D eigenvalue weighted by molar-refractivity contribution is 5.98. The van der Waals surface area contributed by atoms with Crippen LogP contribution in [-0.4, -0.2) is 17.9 Å². The summed E-state index contributed by atoms with van der Waals surface area (Å²) in [5, 5.41) is 2.84. The van der Waals surface area contributed by atoms with E-state index in [4.69, 9.17) is 5.73 Å². The second-order valence-corrected chi connectivity index (χ2v) is 2.49. The lowest BCUT2D eigenvalue weighted by atomic mass is 10.2. The van der Waals surface area contributed by atoms with Crippen molar-refractivity contribution >= 4 is 11.6 Å². The van der Waals surface area contributed by atoms with Crippen LogP contribution in [-0.2, 0) is 0 Å². The van der Waals surface area contributed by atoms with E-state index in [0.29, 0.717) is 11.3 Å². The number of primary amides is 1. The van der Waals surface area contributed by atoms with E-state index in [9.17, 15) is 4.79 Å². The Bertz CT molecular complexity index is 309. The van der Waals surface area contributed by atoms with Crippen LogP contribution in [0.2, 0.25) is 0 Å². The number of nitrogens with two attached hydrogens (primary N) is 1. The smallest absolute Gasteiger partial charge is 0.250 e. The average Bonchev–Trinajstić information content (AvgIpc) is 2.04. The molecule has 3 N–H and O–H groups in total. The van der Waals surface area contributed by atoms with E-state index >= 15 is 0 Å². The first kappa shape index (κ1) is 8.52. The zero-order valence-corrected chi connectivity index (χ0v) is 7.09. The van der Waals surface area contributed by atoms with E-state index in [1.165, 1.54) is 0 Å². The number of hydrogen-bond acceptors (Lipinski definition) is 3. The van der Waals surface area contributed by atoms with Crippen LogP contribution in [0.4, 0.5) is 5.69 Å². The molecule has 1 amide bonds. The predicted octanol–water partition coefficient (Wildman–Crippen LogP) is 0.531. The van der Waals surface area contributed by atoms with E-state index < -0.39 is 5.91 Å². The highest BCUT2D eigenvalue weighted by atomic mass is 16.1. The lowest BCUT2D eigenvalue weighted by molar-refractivity contribution is 0.100. The van der Waals surface area contributed by atoms with Gasteiger partial charge in [0.25, 0.3) is 5.91 Å². The summed E-state index contributed by atoms with van der Waals surface area (Å²) in [7, 11) is 1.72. The Kier molecular flexibility index (Phi) is 2.28. The number of carbonyl (C=O) groups is 1. The molecule has 0 atom stereocenters. The number of hydrogen-bond donors (Lipinski definition) is 2. The van der Waals surface area contributed by atoms with Crippen LogP contribution in [0.15, 0.2) is 12.3 Å². The van der Waals surface area contributed by atoms with Crippen molar-refractivity contribution in [2.75, 3.05) is 12.4 Å². The Balaban J connectivity index is 3.21. The number of aryl methyl sites for hydroxylation is 1. The molecule has 0 spiro atoms. The van der Waals surface area contributed by atoms with Crippen molar-refractivity contribution in [2.24, 2.45) is 5.73 Å². The molecule has 0 unspecified atom stereocenters. The van der Waals surface area contributed by atoms with Gasteiger partial charge in [0.15, 0.2) is 0 Å². The molecule has 0 saturated heterocycles. The summed E-state index contributed by atoms with van der Waals surface area (Å²) in [6.07, 6.45) is 1.59. The molecule has 1 aromatic rings. The van der Waals surface area contributed by atoms with Crippen LogP contribution in [0.3, 0.4) is 0 Å². The van der Waals surface area contributed by atoms with Crippen molar-refractivity contribution in [1.29, 1.82) is 0 Å². The fraction of sp³-hybridized carbons (Fsp3) is 0.250. The quantitative estimate of drug-likeness (QED) is 0.671. The van der Waals surface area contributed by atoms with Crippen LogP contribution in [0.5, 0.6) is 0 Å². The van der Waals surface area contributed by atoms with Crippen molar-refractivity contribution in [3.8, 4) is 0 Å². The molecule has 1 rings (SSSR count). The summed E-state index contributed by atoms with van der Waals surface area (Å²) >= 11 is 0. The maximum Gasteiger partial charge on any atom is 0.250 e. The van der Waals surface area contributed by atoms with Crippen LogP contribution in [0.25, 0.3) is 0 Å². The Morgan fingerprint density at radius 1 is 1.67 bits per heavy atom. The standard InChI is InChI=1S/C8H11N3O/c1-5-3-6(8(9)12)7(10-2)4-11-5/h3-4,10H,1-2H3,(H2,9,12). The Labute approximate surface area is 70.8 Å². The molecule has 4 heteroatoms. The van der Waals surface area contributed by atoms with Gasteiger partial charge in [0.05, 0.1) is 17.4 Å². The minimum absolute atomic E-state index is 0.440. The first-order valence-electron chi connectivity index (χ1n) is 3.59. The molecule has 4 nitrogen and oxygen atoms in total. The number of rotatable bonds is 2. The van der Waals surface area contributed by atoms with Crippen LogP contribution >= 0.6 is 0 Å². The Morgan fingerprint density at radius 3 is 2.83 bits per heavy atom. The maximum atomic E-state index is 10.9. The number of anilines is 1. The first-order valence-corrected chi connectivity index (χ1v) is 3.59. The maximum absolute atomic E-state index is 10.9. The Morgan fingerprint density at radius 2 is 2.33 bits per heavy atom. The molecule has 0 radical (unpaired) electrons. The number of nitrogens with zero attached hydrogens (tertiary/aromatic N) is 1. The molecule has 0 bridgehead atoms. The molecule has 12 heavy (non-hydrogen) atoms. The van der Waals surface area contributed by atoms with Gasteiger partial charge in [-0.25, -0.2) is 0 Å². The van der Waals surface area contributed by atoms with Gasteiger partial charge in [0.2, 0.25) is 0 Å². The highest BCUT2D eigenvalue weighted by Gasteiger charge is 2.06. The van der Waals surface area contributed by atoms with Gasteiger partial charge in [-0.2, -0.15) is 0 Å². The topological polar surface area (TPSA) is 68.0 Å². The zero-order chi connectivity index (χ0) is 9.14. The number of pyridine rings is 1. The molecule has 0 saturated carbocycles. The minimum Gasteiger partial charge on any atom is -0.386 e. The average molecular weight is 165 g/mol. The minimum atomic E-state index is -0.440. The molecule has 0 fully saturated rings. The Hall–Kier alpha value is -1.58. The summed E-state index contributed by atoms with van der Waals surface area (Å²) in [4.78, 5) is 14.9. The largest absolute Gasteiger partial charge is 0.386 e. The summed E-state index contributed by atoms with van der Waals surface area (Å²) in [6.45, 7) is 1.81. The van der Waals surface area contributed by atoms with Crippen LogP contribution in [0.1, 0.15) is 16.1 Å². The van der Waals surface area contributed by atoms with Crippen molar-refractivity contribution in [2.45, 2.75) is 6.92 Å². The molecule has 0 aliphatic rings. The van der Waals surface area contributed by atoms with Gasteiger partial charge >= 0.3 is 0 Å². The molecular weight excluding hydrogens is 154 g/mol. The third kappa shape index (κ3) is 1.53. The molecule has 0 aliphatic carbocycles. The summed E-state index contributed by atoms with van der Waals surface area (Å²) in [5.74, 6) is -0.440. The van der Waals surface area contributed by atoms with Crippen molar-refractivity contribution < 1.29 is 4.79 Å². The zero-order valence-electron chi connectivity index (χ0n) is 7.09. The highest BCUT2D eigenvalue weighted by Crippen LogP contribution is 2.13. The monoisotopic (exact) mass is 165 g/mol. The third-order valence-corrected chi connectivity index (χ3v) is 1.58. The summed E-state index contributed by atoms with van der Waals surface area (Å²) in [5.41, 5.74) is 7.07. The van der Waals surface area contributed by atoms with Crippen molar-refractivity contribution in [3.63, 3.8) is 0 Å². The van der Waals surface area contributed by atoms with E-state index in [1.807, 2.05) is 6.92 Å². The van der Waals surface area contributed by atoms with E-state index in [2.05, 4.69) is 10.3 Å². The number of aromatic nitrogens is 1. The van der Waals surface area contributed by atoms with Gasteiger partial charge in [-0.05, 0) is 13.0 Å². The summed E-state index contributed by atoms with van der Waals surface area (Å²) < 4.78 is 0. The molecule has 1 heterocycles. The first-order chi connectivity index (χ1) is 5.65. The fourth-order valence-electron chi connectivity index (χ4n) is 0.963. The van der Waals surface area contributed by atoms with Gasteiger partial charge in [-0.3, -0.25) is 9.78 Å². The molecule has 1 aromatic heterocycles. The SMILES string of the molecule is CNc1cnc(C)cc1C(N)=O. The third-order valence-electron chi connectivity index (χ3n) is 1.58. The van der Waals surface area contributed by atoms with Gasteiger partial charge < -0.3 is 11.1 Å². The van der Waals surface area contributed by atoms with Crippen molar-refractivity contribution in [1.82, 2.24) is 4.98 Å². The molecule has 0 aliphatic heterocycles. The normalized spacial score (nSPS) is 9.50. The van der Waals surface area contributed by atoms with Crippen molar-refractivity contribution in [3.05, 3.63) is 23.5 Å². The van der Waals surface area contributed by atoms with E-state index in [1.54, 1.807) is 19.3 Å². The predicted molar refractivity (Wildman–Crippen MR) is 47.0 cm³/mol. The summed E-state index contributed by atoms with van der Waals surface area (Å²) in [6, 6.07) is 1.66. The number of amides is 1. The van der Waals surface area contributed by atoms with Crippen LogP contribution in [0, 0.1) is 6.92 Å². The second kappa shape index (κ2) is 3.21. The second-order valence-electron chi connectivity index (χ2n) is 2.49. The fourth-order valence-corrected chi connectivity index (χ4v) is 0.963. The van der Waals surface area contributed by atoms with Gasteiger partial charge in [-0.15, -0.1) is 0 Å². The lowest BCUT2D eigenvalue weighted by Gasteiger charge is -2.05. The molecule has 0 aromatic carbocycles. The van der Waals surface area contributed by atoms with Gasteiger partial charge in [0.1, 0.15) is 0 Å². The van der Waals surface area contributed by atoms with Gasteiger partial charge in [-0.1, -0.05) is 0 Å². The molecular formula is C8H11N3O.